The van der Waals surface area contributed by atoms with Crippen molar-refractivity contribution in [2.24, 2.45) is 35.0 Å². The van der Waals surface area contributed by atoms with Gasteiger partial charge in [0.25, 0.3) is 0 Å². The van der Waals surface area contributed by atoms with E-state index in [1.165, 1.54) is 0 Å². The van der Waals surface area contributed by atoms with E-state index in [9.17, 15) is 26.3 Å². The number of rotatable bonds is 16. The lowest BCUT2D eigenvalue weighted by Crippen LogP contribution is -2.58. The lowest BCUT2D eigenvalue weighted by molar-refractivity contribution is -0.221. The molecule has 8 heteroatoms. The summed E-state index contributed by atoms with van der Waals surface area (Å²) in [5.74, 6) is 0.185. The van der Waals surface area contributed by atoms with Crippen molar-refractivity contribution >= 4 is 0 Å². The Kier molecular flexibility index (Phi) is 11.5. The number of nitrogens with zero attached hydrogens (tertiary/aromatic N) is 2. The summed E-state index contributed by atoms with van der Waals surface area (Å²) in [5.41, 5.74) is -1.07. The average molecular weight is 557 g/mol. The molecular weight excluding hydrogens is 502 g/mol. The molecule has 0 aromatic rings. The third-order valence-corrected chi connectivity index (χ3v) is 8.60. The quantitative estimate of drug-likeness (QED) is 0.175. The number of alkyl halides is 6. The van der Waals surface area contributed by atoms with E-state index >= 15 is 0 Å². The molecule has 0 aliphatic heterocycles. The Morgan fingerprint density at radius 2 is 1.11 bits per heavy atom. The Balaban J connectivity index is 2.23. The predicted molar refractivity (Wildman–Crippen MR) is 144 cm³/mol. The van der Waals surface area contributed by atoms with Crippen molar-refractivity contribution in [3.05, 3.63) is 0 Å². The topological polar surface area (TPSA) is 6.48 Å². The van der Waals surface area contributed by atoms with Gasteiger partial charge in [-0.05, 0) is 93.8 Å². The molecule has 38 heavy (non-hydrogen) atoms. The summed E-state index contributed by atoms with van der Waals surface area (Å²) in [6.07, 6.45) is -3.39. The maximum atomic E-state index is 14.8. The van der Waals surface area contributed by atoms with Crippen molar-refractivity contribution in [2.75, 3.05) is 13.1 Å². The van der Waals surface area contributed by atoms with Gasteiger partial charge in [0.1, 0.15) is 12.1 Å². The van der Waals surface area contributed by atoms with E-state index in [2.05, 4.69) is 0 Å². The summed E-state index contributed by atoms with van der Waals surface area (Å²) in [5, 5.41) is 0. The zero-order valence-electron chi connectivity index (χ0n) is 25.2. The second kappa shape index (κ2) is 13.0. The standard InChI is InChI=1S/C30H54F6N2/c1-19(2)14-22(6)38(18-25-12-13-25)27(30(34,35)36)28(8,9)16-21(5)15-23(7)37(17-24-10-11-24)26(20(3)4)29(31,32)33/h19-27H,10-18H2,1-9H3/t21?,22-,23-,26+,27-/m1/s1. The number of hydrogen-bond acceptors (Lipinski definition) is 2. The molecule has 0 aromatic heterocycles. The van der Waals surface area contributed by atoms with Crippen LogP contribution in [0.4, 0.5) is 26.3 Å². The Hall–Kier alpha value is -0.500. The van der Waals surface area contributed by atoms with Crippen LogP contribution in [0.25, 0.3) is 0 Å². The summed E-state index contributed by atoms with van der Waals surface area (Å²) in [6, 6.07) is -3.67. The lowest BCUT2D eigenvalue weighted by atomic mass is 9.74. The molecule has 0 spiro atoms. The van der Waals surface area contributed by atoms with Crippen LogP contribution in [0.3, 0.4) is 0 Å². The van der Waals surface area contributed by atoms with Crippen molar-refractivity contribution in [3.63, 3.8) is 0 Å². The molecule has 0 amide bonds. The minimum absolute atomic E-state index is 0.143. The minimum Gasteiger partial charge on any atom is -0.289 e. The largest absolute Gasteiger partial charge is 0.404 e. The molecule has 2 aliphatic carbocycles. The Morgan fingerprint density at radius 3 is 1.47 bits per heavy atom. The van der Waals surface area contributed by atoms with Gasteiger partial charge in [-0.3, -0.25) is 9.80 Å². The second-order valence-corrected chi connectivity index (χ2v) is 14.3. The number of halogens is 6. The fourth-order valence-corrected chi connectivity index (χ4v) is 6.96. The highest BCUT2D eigenvalue weighted by Gasteiger charge is 2.54. The summed E-state index contributed by atoms with van der Waals surface area (Å²) in [6.45, 7) is 17.3. The van der Waals surface area contributed by atoms with Gasteiger partial charge in [-0.2, -0.15) is 26.3 Å². The fourth-order valence-electron chi connectivity index (χ4n) is 6.96. The number of hydrogen-bond donors (Lipinski definition) is 0. The summed E-state index contributed by atoms with van der Waals surface area (Å²) >= 11 is 0. The summed E-state index contributed by atoms with van der Waals surface area (Å²) < 4.78 is 86.6. The van der Waals surface area contributed by atoms with Crippen LogP contribution in [0.1, 0.15) is 107 Å². The molecule has 2 rings (SSSR count). The van der Waals surface area contributed by atoms with Gasteiger partial charge in [-0.25, -0.2) is 0 Å². The van der Waals surface area contributed by atoms with E-state index < -0.39 is 35.8 Å². The van der Waals surface area contributed by atoms with Gasteiger partial charge in [-0.15, -0.1) is 0 Å². The van der Waals surface area contributed by atoms with Gasteiger partial charge in [0, 0.05) is 25.2 Å². The van der Waals surface area contributed by atoms with Gasteiger partial charge >= 0.3 is 12.4 Å². The van der Waals surface area contributed by atoms with Crippen LogP contribution in [0.2, 0.25) is 0 Å². The molecule has 0 N–H and O–H groups in total. The summed E-state index contributed by atoms with van der Waals surface area (Å²) in [7, 11) is 0. The molecule has 1 unspecified atom stereocenters. The summed E-state index contributed by atoms with van der Waals surface area (Å²) in [4.78, 5) is 3.32. The molecule has 2 nitrogen and oxygen atoms in total. The highest BCUT2D eigenvalue weighted by atomic mass is 19.4. The molecule has 226 valence electrons. The first-order valence-electron chi connectivity index (χ1n) is 14.9. The highest BCUT2D eigenvalue weighted by Crippen LogP contribution is 2.46. The SMILES string of the molecule is CC(C)C[C@@H](C)N(CC1CC1)[C@@H](C(F)(F)F)C(C)(C)CC(C)C[C@@H](C)N(CC1CC1)[C@@H](C(C)C)C(F)(F)F. The van der Waals surface area contributed by atoms with Crippen LogP contribution in [-0.2, 0) is 0 Å². The normalized spacial score (nSPS) is 21.9. The van der Waals surface area contributed by atoms with Crippen molar-refractivity contribution in [1.82, 2.24) is 9.80 Å². The Labute approximate surface area is 228 Å². The highest BCUT2D eigenvalue weighted by molar-refractivity contribution is 4.97. The molecule has 0 saturated heterocycles. The monoisotopic (exact) mass is 556 g/mol. The first-order chi connectivity index (χ1) is 17.2. The molecule has 0 bridgehead atoms. The molecule has 5 atom stereocenters. The third-order valence-electron chi connectivity index (χ3n) is 8.60. The van der Waals surface area contributed by atoms with Crippen molar-refractivity contribution in [2.45, 2.75) is 144 Å². The molecule has 0 heterocycles. The van der Waals surface area contributed by atoms with Gasteiger partial charge in [0.05, 0.1) is 0 Å². The lowest BCUT2D eigenvalue weighted by Gasteiger charge is -2.47. The van der Waals surface area contributed by atoms with Crippen LogP contribution in [0.5, 0.6) is 0 Å². The Bertz CT molecular complexity index is 709. The van der Waals surface area contributed by atoms with Crippen LogP contribution in [-0.4, -0.2) is 59.4 Å². The van der Waals surface area contributed by atoms with Crippen LogP contribution >= 0.6 is 0 Å². The molecule has 0 radical (unpaired) electrons. The zero-order chi connectivity index (χ0) is 29.2. The maximum absolute atomic E-state index is 14.8. The predicted octanol–water partition coefficient (Wildman–Crippen LogP) is 9.19. The first kappa shape index (κ1) is 33.7. The van der Waals surface area contributed by atoms with Gasteiger partial charge in [0.2, 0.25) is 0 Å². The molecule has 2 fully saturated rings. The molecular formula is C30H54F6N2. The smallest absolute Gasteiger partial charge is 0.289 e. The first-order valence-corrected chi connectivity index (χ1v) is 14.9. The molecule has 2 aliphatic rings. The molecule has 0 aromatic carbocycles. The zero-order valence-corrected chi connectivity index (χ0v) is 25.2. The van der Waals surface area contributed by atoms with Crippen molar-refractivity contribution in [1.29, 1.82) is 0 Å². The van der Waals surface area contributed by atoms with Gasteiger partial charge in [0.15, 0.2) is 0 Å². The van der Waals surface area contributed by atoms with Crippen LogP contribution in [0, 0.1) is 35.0 Å². The van der Waals surface area contributed by atoms with Gasteiger partial charge in [-0.1, -0.05) is 48.5 Å². The minimum atomic E-state index is -4.38. The average Bonchev–Trinajstić information content (AvgIpc) is 3.59. The second-order valence-electron chi connectivity index (χ2n) is 14.3. The Morgan fingerprint density at radius 1 is 0.658 bits per heavy atom. The van der Waals surface area contributed by atoms with E-state index in [1.807, 2.05) is 34.6 Å². The van der Waals surface area contributed by atoms with Crippen molar-refractivity contribution in [3.8, 4) is 0 Å². The van der Waals surface area contributed by atoms with Gasteiger partial charge < -0.3 is 0 Å². The van der Waals surface area contributed by atoms with E-state index in [4.69, 9.17) is 0 Å². The van der Waals surface area contributed by atoms with Crippen molar-refractivity contribution < 1.29 is 26.3 Å². The molecule has 2 saturated carbocycles. The maximum Gasteiger partial charge on any atom is 0.404 e. The van der Waals surface area contributed by atoms with E-state index in [0.717, 1.165) is 25.7 Å². The van der Waals surface area contributed by atoms with Crippen LogP contribution < -0.4 is 0 Å². The third kappa shape index (κ3) is 10.2. The van der Waals surface area contributed by atoms with Crippen LogP contribution in [0.15, 0.2) is 0 Å². The van der Waals surface area contributed by atoms with E-state index in [1.54, 1.807) is 37.5 Å². The van der Waals surface area contributed by atoms with E-state index in [0.29, 0.717) is 50.1 Å². The van der Waals surface area contributed by atoms with E-state index in [-0.39, 0.29) is 18.0 Å². The fraction of sp³-hybridized carbons (Fsp3) is 1.00.